The first-order chi connectivity index (χ1) is 9.08. The van der Waals surface area contributed by atoms with E-state index in [1.54, 1.807) is 0 Å². The SMILES string of the molecule is CCCNc1cc(Sc2nc(C)c(C)o2)nc(N)n1. The Morgan fingerprint density at radius 1 is 1.32 bits per heavy atom. The van der Waals surface area contributed by atoms with E-state index in [0.29, 0.717) is 10.2 Å². The van der Waals surface area contributed by atoms with Crippen molar-refractivity contribution in [2.45, 2.75) is 37.4 Å². The standard InChI is InChI=1S/C12H17N5OS/c1-4-5-14-9-6-10(17-11(13)16-9)19-12-15-7(2)8(3)18-12/h6H,4-5H2,1-3H3,(H3,13,14,16,17). The van der Waals surface area contributed by atoms with Crippen LogP contribution in [0.15, 0.2) is 20.7 Å². The molecule has 6 nitrogen and oxygen atoms in total. The summed E-state index contributed by atoms with van der Waals surface area (Å²) in [5.74, 6) is 1.77. The van der Waals surface area contributed by atoms with E-state index < -0.39 is 0 Å². The minimum atomic E-state index is 0.239. The van der Waals surface area contributed by atoms with Crippen LogP contribution >= 0.6 is 11.8 Å². The van der Waals surface area contributed by atoms with Crippen LogP contribution in [0.2, 0.25) is 0 Å². The third-order valence-corrected chi connectivity index (χ3v) is 3.24. The summed E-state index contributed by atoms with van der Waals surface area (Å²) in [7, 11) is 0. The van der Waals surface area contributed by atoms with Crippen LogP contribution in [0.1, 0.15) is 24.8 Å². The van der Waals surface area contributed by atoms with E-state index in [9.17, 15) is 0 Å². The van der Waals surface area contributed by atoms with Gasteiger partial charge in [0, 0.05) is 12.6 Å². The minimum Gasteiger partial charge on any atom is -0.436 e. The molecule has 2 rings (SSSR count). The second-order valence-electron chi connectivity index (χ2n) is 4.10. The molecule has 19 heavy (non-hydrogen) atoms. The lowest BCUT2D eigenvalue weighted by molar-refractivity contribution is 0.431. The van der Waals surface area contributed by atoms with Gasteiger partial charge in [-0.25, -0.2) is 9.97 Å². The molecule has 2 aromatic rings. The summed E-state index contributed by atoms with van der Waals surface area (Å²) < 4.78 is 5.51. The third kappa shape index (κ3) is 3.60. The molecule has 0 saturated carbocycles. The molecule has 0 amide bonds. The highest BCUT2D eigenvalue weighted by Gasteiger charge is 2.10. The van der Waals surface area contributed by atoms with Crippen LogP contribution in [0.3, 0.4) is 0 Å². The van der Waals surface area contributed by atoms with Gasteiger partial charge in [-0.3, -0.25) is 0 Å². The number of anilines is 2. The van der Waals surface area contributed by atoms with Gasteiger partial charge in [0.25, 0.3) is 5.22 Å². The van der Waals surface area contributed by atoms with Crippen molar-refractivity contribution < 1.29 is 4.42 Å². The van der Waals surface area contributed by atoms with Crippen LogP contribution in [0.4, 0.5) is 11.8 Å². The van der Waals surface area contributed by atoms with Crippen LogP contribution in [0.5, 0.6) is 0 Å². The van der Waals surface area contributed by atoms with Crippen LogP contribution in [0.25, 0.3) is 0 Å². The maximum absolute atomic E-state index is 5.69. The molecule has 0 spiro atoms. The first-order valence-electron chi connectivity index (χ1n) is 6.08. The molecule has 0 aliphatic carbocycles. The zero-order chi connectivity index (χ0) is 13.8. The Labute approximate surface area is 116 Å². The zero-order valence-corrected chi connectivity index (χ0v) is 12.0. The lowest BCUT2D eigenvalue weighted by Gasteiger charge is -2.05. The molecule has 7 heteroatoms. The lowest BCUT2D eigenvalue weighted by atomic mass is 10.4. The first-order valence-corrected chi connectivity index (χ1v) is 6.90. The van der Waals surface area contributed by atoms with E-state index >= 15 is 0 Å². The van der Waals surface area contributed by atoms with E-state index in [0.717, 1.165) is 30.2 Å². The molecule has 0 aromatic carbocycles. The molecule has 0 unspecified atom stereocenters. The van der Waals surface area contributed by atoms with Gasteiger partial charge >= 0.3 is 0 Å². The summed E-state index contributed by atoms with van der Waals surface area (Å²) in [5, 5.41) is 4.46. The summed E-state index contributed by atoms with van der Waals surface area (Å²) in [6.45, 7) is 6.73. The van der Waals surface area contributed by atoms with Crippen LogP contribution < -0.4 is 11.1 Å². The van der Waals surface area contributed by atoms with Crippen LogP contribution in [-0.2, 0) is 0 Å². The normalized spacial score (nSPS) is 10.7. The third-order valence-electron chi connectivity index (χ3n) is 2.48. The average molecular weight is 279 g/mol. The predicted molar refractivity (Wildman–Crippen MR) is 75.3 cm³/mol. The number of nitrogens with two attached hydrogens (primary N) is 1. The van der Waals surface area contributed by atoms with Crippen LogP contribution in [-0.4, -0.2) is 21.5 Å². The summed E-state index contributed by atoms with van der Waals surface area (Å²) in [6.07, 6.45) is 1.02. The lowest BCUT2D eigenvalue weighted by Crippen LogP contribution is -2.05. The highest BCUT2D eigenvalue weighted by atomic mass is 32.2. The molecule has 0 aliphatic heterocycles. The Morgan fingerprint density at radius 2 is 2.11 bits per heavy atom. The topological polar surface area (TPSA) is 89.9 Å². The number of hydrogen-bond donors (Lipinski definition) is 2. The number of oxazole rings is 1. The van der Waals surface area contributed by atoms with Crippen molar-refractivity contribution in [2.75, 3.05) is 17.6 Å². The summed E-state index contributed by atoms with van der Waals surface area (Å²) in [6, 6.07) is 1.84. The summed E-state index contributed by atoms with van der Waals surface area (Å²) in [5.41, 5.74) is 6.58. The minimum absolute atomic E-state index is 0.239. The Bertz CT molecular complexity index is 550. The van der Waals surface area contributed by atoms with Crippen molar-refractivity contribution in [2.24, 2.45) is 0 Å². The van der Waals surface area contributed by atoms with E-state index in [1.807, 2.05) is 19.9 Å². The number of nitrogen functional groups attached to an aromatic ring is 1. The highest BCUT2D eigenvalue weighted by molar-refractivity contribution is 7.99. The number of nitrogens with zero attached hydrogens (tertiary/aromatic N) is 3. The first kappa shape index (κ1) is 13.7. The number of aryl methyl sites for hydroxylation is 2. The van der Waals surface area contributed by atoms with Gasteiger partial charge in [-0.05, 0) is 32.0 Å². The Morgan fingerprint density at radius 3 is 2.74 bits per heavy atom. The number of rotatable bonds is 5. The van der Waals surface area contributed by atoms with Gasteiger partial charge in [0.05, 0.1) is 5.69 Å². The van der Waals surface area contributed by atoms with Gasteiger partial charge in [0.1, 0.15) is 16.6 Å². The Kier molecular flexibility index (Phi) is 4.26. The fraction of sp³-hybridized carbons (Fsp3) is 0.417. The van der Waals surface area contributed by atoms with Crippen molar-refractivity contribution in [1.82, 2.24) is 15.0 Å². The molecule has 0 fully saturated rings. The second-order valence-corrected chi connectivity index (χ2v) is 5.07. The van der Waals surface area contributed by atoms with Crippen molar-refractivity contribution in [3.63, 3.8) is 0 Å². The molecular formula is C12H17N5OS. The van der Waals surface area contributed by atoms with E-state index in [-0.39, 0.29) is 5.95 Å². The number of nitrogens with one attached hydrogen (secondary N) is 1. The molecule has 102 valence electrons. The van der Waals surface area contributed by atoms with Crippen molar-refractivity contribution in [1.29, 1.82) is 0 Å². The van der Waals surface area contributed by atoms with Gasteiger partial charge in [-0.15, -0.1) is 0 Å². The molecule has 2 aromatic heterocycles. The molecule has 0 atom stereocenters. The van der Waals surface area contributed by atoms with E-state index in [4.69, 9.17) is 10.2 Å². The number of hydrogen-bond acceptors (Lipinski definition) is 7. The number of aromatic nitrogens is 3. The highest BCUT2D eigenvalue weighted by Crippen LogP contribution is 2.28. The molecule has 0 radical (unpaired) electrons. The molecule has 2 heterocycles. The average Bonchev–Trinajstić information content (AvgIpc) is 2.65. The molecule has 0 aliphatic rings. The van der Waals surface area contributed by atoms with Crippen molar-refractivity contribution in [3.8, 4) is 0 Å². The Balaban J connectivity index is 2.17. The molecule has 0 saturated heterocycles. The molecule has 0 bridgehead atoms. The quantitative estimate of drug-likeness (QED) is 0.813. The monoisotopic (exact) mass is 279 g/mol. The molecular weight excluding hydrogens is 262 g/mol. The summed E-state index contributed by atoms with van der Waals surface area (Å²) >= 11 is 1.34. The maximum Gasteiger partial charge on any atom is 0.262 e. The molecule has 3 N–H and O–H groups in total. The van der Waals surface area contributed by atoms with Crippen LogP contribution in [0, 0.1) is 13.8 Å². The van der Waals surface area contributed by atoms with Gasteiger partial charge in [-0.1, -0.05) is 6.92 Å². The van der Waals surface area contributed by atoms with Crippen molar-refractivity contribution >= 4 is 23.5 Å². The van der Waals surface area contributed by atoms with Gasteiger partial charge < -0.3 is 15.5 Å². The fourth-order valence-corrected chi connectivity index (χ4v) is 2.25. The van der Waals surface area contributed by atoms with E-state index in [1.165, 1.54) is 11.8 Å². The maximum atomic E-state index is 5.69. The second kappa shape index (κ2) is 5.92. The summed E-state index contributed by atoms with van der Waals surface area (Å²) in [4.78, 5) is 12.6. The van der Waals surface area contributed by atoms with Gasteiger partial charge in [0.15, 0.2) is 0 Å². The van der Waals surface area contributed by atoms with Crippen molar-refractivity contribution in [3.05, 3.63) is 17.5 Å². The van der Waals surface area contributed by atoms with Gasteiger partial charge in [0.2, 0.25) is 5.95 Å². The largest absolute Gasteiger partial charge is 0.436 e. The smallest absolute Gasteiger partial charge is 0.262 e. The zero-order valence-electron chi connectivity index (χ0n) is 11.2. The van der Waals surface area contributed by atoms with Gasteiger partial charge in [-0.2, -0.15) is 4.98 Å². The fourth-order valence-electron chi connectivity index (χ4n) is 1.42. The van der Waals surface area contributed by atoms with E-state index in [2.05, 4.69) is 27.2 Å². The predicted octanol–water partition coefficient (Wildman–Crippen LogP) is 2.64. The Hall–Kier alpha value is -1.76.